The summed E-state index contributed by atoms with van der Waals surface area (Å²) >= 11 is 6.14. The van der Waals surface area contributed by atoms with Crippen molar-refractivity contribution in [2.45, 2.75) is 13.5 Å². The summed E-state index contributed by atoms with van der Waals surface area (Å²) in [5.74, 6) is 0.856. The fourth-order valence-corrected chi connectivity index (χ4v) is 2.54. The van der Waals surface area contributed by atoms with Gasteiger partial charge in [0.05, 0.1) is 0 Å². The number of fused-ring (bicyclic) bond motifs is 1. The number of benzene rings is 1. The molecule has 106 valence electrons. The fourth-order valence-electron chi connectivity index (χ4n) is 2.34. The molecule has 3 rings (SSSR count). The van der Waals surface area contributed by atoms with Gasteiger partial charge in [0.25, 0.3) is 0 Å². The number of hydrogen-bond donors (Lipinski definition) is 0. The zero-order valence-electron chi connectivity index (χ0n) is 11.7. The van der Waals surface area contributed by atoms with E-state index in [0.29, 0.717) is 5.15 Å². The number of pyridine rings is 1. The quantitative estimate of drug-likeness (QED) is 0.736. The SMILES string of the molecule is CCN(Cc1ccncc1)c1nnc(Cl)c2ccccc12. The fraction of sp³-hybridized carbons (Fsp3) is 0.188. The van der Waals surface area contributed by atoms with Gasteiger partial charge in [-0.05, 0) is 24.6 Å². The summed E-state index contributed by atoms with van der Waals surface area (Å²) in [7, 11) is 0. The Labute approximate surface area is 128 Å². The number of rotatable bonds is 4. The molecule has 2 heterocycles. The third kappa shape index (κ3) is 2.81. The Bertz CT molecular complexity index is 746. The molecule has 2 aromatic heterocycles. The minimum Gasteiger partial charge on any atom is -0.351 e. The zero-order valence-corrected chi connectivity index (χ0v) is 12.5. The zero-order chi connectivity index (χ0) is 14.7. The first kappa shape index (κ1) is 13.8. The number of halogens is 1. The smallest absolute Gasteiger partial charge is 0.159 e. The van der Waals surface area contributed by atoms with E-state index in [-0.39, 0.29) is 0 Å². The molecule has 4 nitrogen and oxygen atoms in total. The van der Waals surface area contributed by atoms with Crippen LogP contribution in [0.25, 0.3) is 10.8 Å². The van der Waals surface area contributed by atoms with Gasteiger partial charge in [0.15, 0.2) is 11.0 Å². The molecule has 0 amide bonds. The maximum absolute atomic E-state index is 6.14. The van der Waals surface area contributed by atoms with Crippen molar-refractivity contribution in [1.82, 2.24) is 15.2 Å². The molecule has 0 aliphatic heterocycles. The van der Waals surface area contributed by atoms with Gasteiger partial charge >= 0.3 is 0 Å². The van der Waals surface area contributed by atoms with Crippen LogP contribution < -0.4 is 4.90 Å². The molecule has 0 spiro atoms. The van der Waals surface area contributed by atoms with Crippen LogP contribution in [-0.2, 0) is 6.54 Å². The Kier molecular flexibility index (Phi) is 3.97. The lowest BCUT2D eigenvalue weighted by molar-refractivity contribution is 0.802. The molecule has 3 aromatic rings. The van der Waals surface area contributed by atoms with Crippen molar-refractivity contribution < 1.29 is 0 Å². The van der Waals surface area contributed by atoms with Crippen LogP contribution in [0.3, 0.4) is 0 Å². The molecule has 0 aliphatic rings. The van der Waals surface area contributed by atoms with Crippen LogP contribution >= 0.6 is 11.6 Å². The highest BCUT2D eigenvalue weighted by Crippen LogP contribution is 2.28. The Hall–Kier alpha value is -2.20. The predicted molar refractivity (Wildman–Crippen MR) is 85.5 cm³/mol. The Morgan fingerprint density at radius 2 is 1.71 bits per heavy atom. The standard InChI is InChI=1S/C16H15ClN4/c1-2-21(11-12-7-9-18-10-8-12)16-14-6-4-3-5-13(14)15(17)19-20-16/h3-10H,2,11H2,1H3. The van der Waals surface area contributed by atoms with Gasteiger partial charge in [-0.1, -0.05) is 35.9 Å². The molecule has 0 aliphatic carbocycles. The molecular formula is C16H15ClN4. The largest absolute Gasteiger partial charge is 0.351 e. The van der Waals surface area contributed by atoms with Gasteiger partial charge < -0.3 is 4.90 Å². The van der Waals surface area contributed by atoms with Crippen LogP contribution in [-0.4, -0.2) is 21.7 Å². The first-order valence-electron chi connectivity index (χ1n) is 6.84. The van der Waals surface area contributed by atoms with Crippen molar-refractivity contribution in [3.05, 3.63) is 59.5 Å². The third-order valence-corrected chi connectivity index (χ3v) is 3.71. The summed E-state index contributed by atoms with van der Waals surface area (Å²) < 4.78 is 0. The van der Waals surface area contributed by atoms with Gasteiger partial charge in [0.1, 0.15) is 0 Å². The lowest BCUT2D eigenvalue weighted by atomic mass is 10.1. The maximum Gasteiger partial charge on any atom is 0.159 e. The van der Waals surface area contributed by atoms with Gasteiger partial charge in [-0.2, -0.15) is 0 Å². The van der Waals surface area contributed by atoms with Gasteiger partial charge in [-0.15, -0.1) is 10.2 Å². The minimum absolute atomic E-state index is 0.439. The molecule has 0 saturated carbocycles. The van der Waals surface area contributed by atoms with Crippen LogP contribution in [0.1, 0.15) is 12.5 Å². The molecule has 21 heavy (non-hydrogen) atoms. The molecule has 0 N–H and O–H groups in total. The normalized spacial score (nSPS) is 10.8. The van der Waals surface area contributed by atoms with E-state index in [1.807, 2.05) is 36.4 Å². The summed E-state index contributed by atoms with van der Waals surface area (Å²) in [6, 6.07) is 12.0. The van der Waals surface area contributed by atoms with Crippen LogP contribution in [0, 0.1) is 0 Å². The lowest BCUT2D eigenvalue weighted by Gasteiger charge is -2.23. The van der Waals surface area contributed by atoms with Gasteiger partial charge in [-0.3, -0.25) is 4.98 Å². The molecule has 0 unspecified atom stereocenters. The van der Waals surface area contributed by atoms with E-state index in [9.17, 15) is 0 Å². The monoisotopic (exact) mass is 298 g/mol. The van der Waals surface area contributed by atoms with Gasteiger partial charge in [-0.25, -0.2) is 0 Å². The molecule has 0 atom stereocenters. The van der Waals surface area contributed by atoms with E-state index in [1.165, 1.54) is 5.56 Å². The number of hydrogen-bond acceptors (Lipinski definition) is 4. The van der Waals surface area contributed by atoms with Crippen LogP contribution in [0.15, 0.2) is 48.8 Å². The van der Waals surface area contributed by atoms with E-state index in [2.05, 4.69) is 27.0 Å². The molecule has 1 aromatic carbocycles. The van der Waals surface area contributed by atoms with Crippen molar-refractivity contribution in [2.24, 2.45) is 0 Å². The Morgan fingerprint density at radius 3 is 2.43 bits per heavy atom. The highest BCUT2D eigenvalue weighted by atomic mass is 35.5. The second kappa shape index (κ2) is 6.06. The van der Waals surface area contributed by atoms with Crippen molar-refractivity contribution in [1.29, 1.82) is 0 Å². The van der Waals surface area contributed by atoms with E-state index >= 15 is 0 Å². The second-order valence-electron chi connectivity index (χ2n) is 4.73. The average Bonchev–Trinajstić information content (AvgIpc) is 2.55. The number of aromatic nitrogens is 3. The van der Waals surface area contributed by atoms with Crippen molar-refractivity contribution in [2.75, 3.05) is 11.4 Å². The van der Waals surface area contributed by atoms with Crippen molar-refractivity contribution >= 4 is 28.2 Å². The third-order valence-electron chi connectivity index (χ3n) is 3.43. The topological polar surface area (TPSA) is 41.9 Å². The first-order chi connectivity index (χ1) is 10.3. The molecule has 0 saturated heterocycles. The summed E-state index contributed by atoms with van der Waals surface area (Å²) in [6.07, 6.45) is 3.60. The highest BCUT2D eigenvalue weighted by Gasteiger charge is 2.13. The van der Waals surface area contributed by atoms with E-state index < -0.39 is 0 Å². The maximum atomic E-state index is 6.14. The molecular weight excluding hydrogens is 284 g/mol. The summed E-state index contributed by atoms with van der Waals surface area (Å²) in [4.78, 5) is 6.23. The van der Waals surface area contributed by atoms with Crippen LogP contribution in [0.5, 0.6) is 0 Å². The second-order valence-corrected chi connectivity index (χ2v) is 5.09. The van der Waals surface area contributed by atoms with E-state index in [0.717, 1.165) is 29.7 Å². The molecule has 0 bridgehead atoms. The average molecular weight is 299 g/mol. The summed E-state index contributed by atoms with van der Waals surface area (Å²) in [6.45, 7) is 3.70. The summed E-state index contributed by atoms with van der Waals surface area (Å²) in [5, 5.41) is 10.8. The minimum atomic E-state index is 0.439. The molecule has 0 radical (unpaired) electrons. The van der Waals surface area contributed by atoms with E-state index in [4.69, 9.17) is 11.6 Å². The first-order valence-corrected chi connectivity index (χ1v) is 7.22. The van der Waals surface area contributed by atoms with Crippen molar-refractivity contribution in [3.63, 3.8) is 0 Å². The van der Waals surface area contributed by atoms with Crippen LogP contribution in [0.4, 0.5) is 5.82 Å². The Morgan fingerprint density at radius 1 is 1.00 bits per heavy atom. The lowest BCUT2D eigenvalue weighted by Crippen LogP contribution is -2.23. The summed E-state index contributed by atoms with van der Waals surface area (Å²) in [5.41, 5.74) is 1.19. The number of anilines is 1. The number of nitrogens with zero attached hydrogens (tertiary/aromatic N) is 4. The predicted octanol–water partition coefficient (Wildman–Crippen LogP) is 3.70. The Balaban J connectivity index is 2.03. The van der Waals surface area contributed by atoms with E-state index in [1.54, 1.807) is 12.4 Å². The van der Waals surface area contributed by atoms with Crippen LogP contribution in [0.2, 0.25) is 5.15 Å². The molecule has 5 heteroatoms. The van der Waals surface area contributed by atoms with Gasteiger partial charge in [0.2, 0.25) is 0 Å². The highest BCUT2D eigenvalue weighted by molar-refractivity contribution is 6.34. The van der Waals surface area contributed by atoms with Gasteiger partial charge in [0, 0.05) is 36.3 Å². The van der Waals surface area contributed by atoms with Crippen molar-refractivity contribution in [3.8, 4) is 0 Å². The molecule has 0 fully saturated rings.